The van der Waals surface area contributed by atoms with E-state index in [1.54, 1.807) is 12.1 Å². The molecule has 4 heteroatoms. The molecule has 2 N–H and O–H groups in total. The molecule has 0 heterocycles. The van der Waals surface area contributed by atoms with Crippen LogP contribution in [0.15, 0.2) is 18.2 Å². The van der Waals surface area contributed by atoms with Crippen molar-refractivity contribution in [2.75, 3.05) is 0 Å². The summed E-state index contributed by atoms with van der Waals surface area (Å²) in [7, 11) is 0. The van der Waals surface area contributed by atoms with Crippen molar-refractivity contribution in [1.82, 2.24) is 0 Å². The zero-order chi connectivity index (χ0) is 12.8. The van der Waals surface area contributed by atoms with Crippen LogP contribution in [-0.2, 0) is 17.6 Å². The number of nitriles is 1. The molecule has 1 aromatic carbocycles. The summed E-state index contributed by atoms with van der Waals surface area (Å²) in [6, 6.07) is 7.17. The first-order valence-corrected chi connectivity index (χ1v) is 5.49. The van der Waals surface area contributed by atoms with Gasteiger partial charge in [-0.05, 0) is 29.5 Å². The van der Waals surface area contributed by atoms with E-state index in [0.29, 0.717) is 18.4 Å². The van der Waals surface area contributed by atoms with E-state index in [4.69, 9.17) is 10.4 Å². The molecule has 0 saturated heterocycles. The minimum absolute atomic E-state index is 0.364. The average Bonchev–Trinajstić information content (AvgIpc) is 2.34. The van der Waals surface area contributed by atoms with Gasteiger partial charge >= 0.3 is 5.97 Å². The fourth-order valence-corrected chi connectivity index (χ4v) is 1.73. The van der Waals surface area contributed by atoms with Crippen molar-refractivity contribution in [3.05, 3.63) is 34.9 Å². The number of hydrogen-bond donors (Lipinski definition) is 2. The predicted octanol–water partition coefficient (Wildman–Crippen LogP) is 1.82. The summed E-state index contributed by atoms with van der Waals surface area (Å²) in [6.07, 6.45) is 0.297. The van der Waals surface area contributed by atoms with Gasteiger partial charge in [0.1, 0.15) is 0 Å². The van der Waals surface area contributed by atoms with E-state index in [0.717, 1.165) is 17.5 Å². The molecule has 0 amide bonds. The molecule has 1 unspecified atom stereocenters. The number of carboxylic acid groups (broad SMARTS) is 1. The molecule has 0 aliphatic rings. The van der Waals surface area contributed by atoms with Crippen LogP contribution in [0.3, 0.4) is 0 Å². The van der Waals surface area contributed by atoms with Crippen molar-refractivity contribution in [2.24, 2.45) is 0 Å². The second-order valence-electron chi connectivity index (χ2n) is 3.78. The number of aliphatic hydroxyl groups excluding tert-OH is 1. The minimum Gasteiger partial charge on any atom is -0.479 e. The summed E-state index contributed by atoms with van der Waals surface area (Å²) < 4.78 is 0. The van der Waals surface area contributed by atoms with Crippen LogP contribution in [0, 0.1) is 11.3 Å². The molecule has 4 nitrogen and oxygen atoms in total. The van der Waals surface area contributed by atoms with Gasteiger partial charge in [0, 0.05) is 6.42 Å². The maximum Gasteiger partial charge on any atom is 0.337 e. The van der Waals surface area contributed by atoms with E-state index in [-0.39, 0.29) is 0 Å². The van der Waals surface area contributed by atoms with Gasteiger partial charge in [0.25, 0.3) is 0 Å². The third-order valence-electron chi connectivity index (χ3n) is 2.67. The van der Waals surface area contributed by atoms with E-state index in [1.165, 1.54) is 0 Å². The Hall–Kier alpha value is -1.86. The first-order chi connectivity index (χ1) is 8.10. The minimum atomic E-state index is -1.50. The highest BCUT2D eigenvalue weighted by Crippen LogP contribution is 2.20. The topological polar surface area (TPSA) is 81.3 Å². The van der Waals surface area contributed by atoms with Crippen molar-refractivity contribution in [2.45, 2.75) is 32.3 Å². The average molecular weight is 233 g/mol. The van der Waals surface area contributed by atoms with Gasteiger partial charge in [0.15, 0.2) is 6.10 Å². The smallest absolute Gasteiger partial charge is 0.337 e. The van der Waals surface area contributed by atoms with Crippen molar-refractivity contribution >= 4 is 5.97 Å². The zero-order valence-electron chi connectivity index (χ0n) is 9.68. The van der Waals surface area contributed by atoms with Gasteiger partial charge in [-0.25, -0.2) is 4.79 Å². The Morgan fingerprint density at radius 2 is 2.18 bits per heavy atom. The molecule has 0 bridgehead atoms. The standard InChI is InChI=1S/C13H15NO3/c1-2-9-5-6-11(12(15)13(16)17)8-10(9)4-3-7-14/h5-6,8,12,15H,2-4H2,1H3,(H,16,17). The molecule has 17 heavy (non-hydrogen) atoms. The third-order valence-corrected chi connectivity index (χ3v) is 2.67. The number of aryl methyl sites for hydroxylation is 2. The van der Waals surface area contributed by atoms with Crippen LogP contribution >= 0.6 is 0 Å². The van der Waals surface area contributed by atoms with E-state index < -0.39 is 12.1 Å². The molecule has 0 fully saturated rings. The number of benzene rings is 1. The number of hydrogen-bond acceptors (Lipinski definition) is 3. The van der Waals surface area contributed by atoms with Crippen molar-refractivity contribution in [3.8, 4) is 6.07 Å². The van der Waals surface area contributed by atoms with Crippen LogP contribution in [0.5, 0.6) is 0 Å². The summed E-state index contributed by atoms with van der Waals surface area (Å²) in [5.41, 5.74) is 2.39. The van der Waals surface area contributed by atoms with Crippen LogP contribution in [0.1, 0.15) is 36.1 Å². The van der Waals surface area contributed by atoms with Crippen LogP contribution in [-0.4, -0.2) is 16.2 Å². The molecule has 0 radical (unpaired) electrons. The predicted molar refractivity (Wildman–Crippen MR) is 62.3 cm³/mol. The lowest BCUT2D eigenvalue weighted by atomic mass is 9.96. The lowest BCUT2D eigenvalue weighted by Crippen LogP contribution is -2.11. The zero-order valence-corrected chi connectivity index (χ0v) is 9.68. The summed E-state index contributed by atoms with van der Waals surface area (Å²) in [4.78, 5) is 10.7. The molecule has 1 aromatic rings. The summed E-state index contributed by atoms with van der Waals surface area (Å²) in [5, 5.41) is 26.7. The Morgan fingerprint density at radius 3 is 2.71 bits per heavy atom. The highest BCUT2D eigenvalue weighted by molar-refractivity contribution is 5.74. The maximum atomic E-state index is 10.7. The molecule has 0 aliphatic heterocycles. The second kappa shape index (κ2) is 6.02. The first-order valence-electron chi connectivity index (χ1n) is 5.49. The Bertz CT molecular complexity index is 448. The van der Waals surface area contributed by atoms with Crippen LogP contribution < -0.4 is 0 Å². The summed E-state index contributed by atoms with van der Waals surface area (Å²) >= 11 is 0. The van der Waals surface area contributed by atoms with Crippen molar-refractivity contribution in [1.29, 1.82) is 5.26 Å². The van der Waals surface area contributed by atoms with E-state index in [9.17, 15) is 9.90 Å². The highest BCUT2D eigenvalue weighted by atomic mass is 16.4. The van der Waals surface area contributed by atoms with Crippen molar-refractivity contribution < 1.29 is 15.0 Å². The Kier molecular flexibility index (Phi) is 4.68. The molecule has 1 atom stereocenters. The Labute approximate surface area is 100 Å². The van der Waals surface area contributed by atoms with E-state index in [1.807, 2.05) is 13.0 Å². The van der Waals surface area contributed by atoms with Crippen molar-refractivity contribution in [3.63, 3.8) is 0 Å². The fraction of sp³-hybridized carbons (Fsp3) is 0.385. The van der Waals surface area contributed by atoms with Gasteiger partial charge in [0.2, 0.25) is 0 Å². The number of aliphatic carboxylic acids is 1. The van der Waals surface area contributed by atoms with Gasteiger partial charge in [-0.3, -0.25) is 0 Å². The van der Waals surface area contributed by atoms with Gasteiger partial charge in [-0.2, -0.15) is 5.26 Å². The number of carbonyl (C=O) groups is 1. The number of rotatable bonds is 5. The van der Waals surface area contributed by atoms with Gasteiger partial charge in [0.05, 0.1) is 6.07 Å². The molecule has 0 aliphatic carbocycles. The maximum absolute atomic E-state index is 10.7. The van der Waals surface area contributed by atoms with Crippen LogP contribution in [0.4, 0.5) is 0 Å². The van der Waals surface area contributed by atoms with E-state index >= 15 is 0 Å². The number of carboxylic acids is 1. The number of aliphatic hydroxyl groups is 1. The molecular formula is C13H15NO3. The number of nitrogens with zero attached hydrogens (tertiary/aromatic N) is 1. The second-order valence-corrected chi connectivity index (χ2v) is 3.78. The molecule has 0 saturated carbocycles. The summed E-state index contributed by atoms with van der Waals surface area (Å²) in [6.45, 7) is 2.00. The Balaban J connectivity index is 3.04. The Morgan fingerprint density at radius 1 is 1.47 bits per heavy atom. The fourth-order valence-electron chi connectivity index (χ4n) is 1.73. The molecule has 0 aromatic heterocycles. The molecule has 0 spiro atoms. The largest absolute Gasteiger partial charge is 0.479 e. The van der Waals surface area contributed by atoms with Gasteiger partial charge < -0.3 is 10.2 Å². The van der Waals surface area contributed by atoms with Gasteiger partial charge in [-0.15, -0.1) is 0 Å². The normalized spacial score (nSPS) is 11.8. The lowest BCUT2D eigenvalue weighted by molar-refractivity contribution is -0.146. The first kappa shape index (κ1) is 13.2. The molecular weight excluding hydrogens is 218 g/mol. The van der Waals surface area contributed by atoms with E-state index in [2.05, 4.69) is 6.07 Å². The van der Waals surface area contributed by atoms with Crippen LogP contribution in [0.2, 0.25) is 0 Å². The lowest BCUT2D eigenvalue weighted by Gasteiger charge is -2.11. The molecule has 1 rings (SSSR count). The van der Waals surface area contributed by atoms with Gasteiger partial charge in [-0.1, -0.05) is 25.1 Å². The van der Waals surface area contributed by atoms with Crippen LogP contribution in [0.25, 0.3) is 0 Å². The monoisotopic (exact) mass is 233 g/mol. The molecule has 90 valence electrons. The summed E-state index contributed by atoms with van der Waals surface area (Å²) in [5.74, 6) is -1.26. The third kappa shape index (κ3) is 3.30. The highest BCUT2D eigenvalue weighted by Gasteiger charge is 2.16. The SMILES string of the molecule is CCc1ccc(C(O)C(=O)O)cc1CCC#N. The quantitative estimate of drug-likeness (QED) is 0.812.